The highest BCUT2D eigenvalue weighted by Gasteiger charge is 2.34. The van der Waals surface area contributed by atoms with Gasteiger partial charge < -0.3 is 9.64 Å². The van der Waals surface area contributed by atoms with E-state index in [0.29, 0.717) is 5.56 Å². The number of fused-ring (bicyclic) bond motifs is 1. The monoisotopic (exact) mass is 528 g/mol. The number of hydrogen-bond acceptors (Lipinski definition) is 5. The van der Waals surface area contributed by atoms with Crippen LogP contribution in [0.2, 0.25) is 10.0 Å². The number of nitrogens with zero attached hydrogens (tertiary/aromatic N) is 1. The normalized spacial score (nSPS) is 14.2. The maximum absolute atomic E-state index is 14.9. The largest absolute Gasteiger partial charge is 0.573 e. The molecule has 0 spiro atoms. The minimum Gasteiger partial charge on any atom is -0.404 e. The Bertz CT molecular complexity index is 1250. The van der Waals surface area contributed by atoms with Gasteiger partial charge in [-0.15, -0.1) is 13.2 Å². The Kier molecular flexibility index (Phi) is 6.83. The minimum absolute atomic E-state index is 0.00530. The number of sulfonamides is 1. The van der Waals surface area contributed by atoms with Crippen molar-refractivity contribution in [2.45, 2.75) is 19.3 Å². The summed E-state index contributed by atoms with van der Waals surface area (Å²) < 4.78 is 80.0. The second-order valence-electron chi connectivity index (χ2n) is 7.07. The number of nitrogens with one attached hydrogen (secondary N) is 1. The lowest BCUT2D eigenvalue weighted by Crippen LogP contribution is -2.38. The van der Waals surface area contributed by atoms with Crippen molar-refractivity contribution in [2.75, 3.05) is 12.8 Å². The van der Waals surface area contributed by atoms with E-state index in [0.717, 1.165) is 18.4 Å². The van der Waals surface area contributed by atoms with Gasteiger partial charge in [0.05, 0.1) is 27.4 Å². The number of carbonyl (C=O) groups excluding carboxylic acids is 2. The lowest BCUT2D eigenvalue weighted by Gasteiger charge is -2.30. The van der Waals surface area contributed by atoms with Crippen LogP contribution in [0.1, 0.15) is 31.8 Å². The number of carbonyl (C=O) groups is 2. The molecule has 0 saturated heterocycles. The van der Waals surface area contributed by atoms with Crippen molar-refractivity contribution in [1.29, 1.82) is 0 Å². The summed E-state index contributed by atoms with van der Waals surface area (Å²) in [5, 5.41) is -0.577. The third kappa shape index (κ3) is 5.87. The lowest BCUT2D eigenvalue weighted by molar-refractivity contribution is -0.274. The Balaban J connectivity index is 1.86. The van der Waals surface area contributed by atoms with Gasteiger partial charge in [0.1, 0.15) is 11.6 Å². The summed E-state index contributed by atoms with van der Waals surface area (Å²) in [4.78, 5) is 26.3. The first-order chi connectivity index (χ1) is 15.2. The first-order valence-corrected chi connectivity index (χ1v) is 11.7. The fourth-order valence-corrected chi connectivity index (χ4v) is 4.25. The highest BCUT2D eigenvalue weighted by molar-refractivity contribution is 7.89. The maximum atomic E-state index is 14.9. The molecule has 0 atom stereocenters. The van der Waals surface area contributed by atoms with E-state index in [2.05, 4.69) is 4.74 Å². The van der Waals surface area contributed by atoms with Crippen LogP contribution in [0.3, 0.4) is 0 Å². The molecule has 0 bridgehead atoms. The number of halogens is 6. The van der Waals surface area contributed by atoms with E-state index in [4.69, 9.17) is 23.2 Å². The third-order valence-corrected chi connectivity index (χ3v) is 5.71. The molecule has 1 heterocycles. The van der Waals surface area contributed by atoms with Crippen LogP contribution in [-0.2, 0) is 23.0 Å². The average Bonchev–Trinajstić information content (AvgIpc) is 2.66. The molecule has 3 rings (SSSR count). The smallest absolute Gasteiger partial charge is 0.404 e. The number of alkyl halides is 3. The zero-order chi connectivity index (χ0) is 24.7. The van der Waals surface area contributed by atoms with E-state index in [1.807, 2.05) is 0 Å². The number of rotatable bonds is 5. The molecular formula is C19H14Cl2F4N2O5S. The molecule has 2 aromatic rings. The molecular weight excluding hydrogens is 515 g/mol. The first kappa shape index (κ1) is 25.1. The van der Waals surface area contributed by atoms with Crippen molar-refractivity contribution in [1.82, 2.24) is 9.62 Å². The summed E-state index contributed by atoms with van der Waals surface area (Å²) >= 11 is 11.9. The molecule has 0 aromatic heterocycles. The quantitative estimate of drug-likeness (QED) is 0.593. The zero-order valence-electron chi connectivity index (χ0n) is 16.6. The van der Waals surface area contributed by atoms with E-state index >= 15 is 0 Å². The van der Waals surface area contributed by atoms with Crippen LogP contribution in [0.25, 0.3) is 0 Å². The number of hydrogen-bond donors (Lipinski definition) is 1. The summed E-state index contributed by atoms with van der Waals surface area (Å²) in [5.74, 6) is -3.58. The SMILES string of the molecule is CS(=O)(=O)NC(=O)c1cc(Cl)c2c(c1F)CCN(Cc1ccc(OC(F)(F)F)c(Cl)c1)C2=O. The molecule has 1 N–H and O–H groups in total. The molecule has 1 aliphatic rings. The highest BCUT2D eigenvalue weighted by Crippen LogP contribution is 2.34. The van der Waals surface area contributed by atoms with E-state index < -0.39 is 45.3 Å². The number of ether oxygens (including phenoxy) is 1. The van der Waals surface area contributed by atoms with Crippen molar-refractivity contribution in [3.05, 3.63) is 62.4 Å². The molecule has 7 nitrogen and oxygen atoms in total. The van der Waals surface area contributed by atoms with E-state index in [1.165, 1.54) is 17.0 Å². The summed E-state index contributed by atoms with van der Waals surface area (Å²) in [6.45, 7) is -0.0762. The average molecular weight is 529 g/mol. The van der Waals surface area contributed by atoms with Crippen molar-refractivity contribution in [3.8, 4) is 5.75 Å². The first-order valence-electron chi connectivity index (χ1n) is 9.02. The molecule has 178 valence electrons. The van der Waals surface area contributed by atoms with Gasteiger partial charge in [0.15, 0.2) is 0 Å². The standard InChI is InChI=1S/C19H14Cl2F4N2O5S/c1-33(30,31)26-17(28)11-7-13(21)15-10(16(11)22)4-5-27(18(15)29)8-9-2-3-14(12(20)6-9)32-19(23,24)25/h2-3,6-7H,4-5,8H2,1H3,(H,26,28). The molecule has 14 heteroatoms. The molecule has 1 aliphatic heterocycles. The van der Waals surface area contributed by atoms with Gasteiger partial charge in [-0.3, -0.25) is 9.59 Å². The summed E-state index contributed by atoms with van der Waals surface area (Å²) in [7, 11) is -3.96. The fourth-order valence-electron chi connectivity index (χ4n) is 3.26. The van der Waals surface area contributed by atoms with Crippen LogP contribution in [0.4, 0.5) is 17.6 Å². The van der Waals surface area contributed by atoms with Crippen LogP contribution in [0.15, 0.2) is 24.3 Å². The van der Waals surface area contributed by atoms with Crippen LogP contribution in [0.5, 0.6) is 5.75 Å². The maximum Gasteiger partial charge on any atom is 0.573 e. The third-order valence-electron chi connectivity index (χ3n) is 4.56. The Morgan fingerprint density at radius 2 is 1.88 bits per heavy atom. The topological polar surface area (TPSA) is 92.8 Å². The van der Waals surface area contributed by atoms with Gasteiger partial charge >= 0.3 is 6.36 Å². The molecule has 33 heavy (non-hydrogen) atoms. The van der Waals surface area contributed by atoms with E-state index in [1.54, 1.807) is 4.72 Å². The van der Waals surface area contributed by atoms with Crippen LogP contribution in [-0.4, -0.2) is 44.3 Å². The summed E-state index contributed by atoms with van der Waals surface area (Å²) in [6.07, 6.45) is -4.25. The lowest BCUT2D eigenvalue weighted by atomic mass is 9.95. The van der Waals surface area contributed by atoms with E-state index in [-0.39, 0.29) is 40.7 Å². The van der Waals surface area contributed by atoms with Gasteiger partial charge in [0, 0.05) is 18.7 Å². The van der Waals surface area contributed by atoms with Gasteiger partial charge in [-0.2, -0.15) is 0 Å². The van der Waals surface area contributed by atoms with Crippen molar-refractivity contribution in [3.63, 3.8) is 0 Å². The Labute approximate surface area is 195 Å². The van der Waals surface area contributed by atoms with Crippen LogP contribution in [0, 0.1) is 5.82 Å². The van der Waals surface area contributed by atoms with Crippen molar-refractivity contribution >= 4 is 45.0 Å². The van der Waals surface area contributed by atoms with E-state index in [9.17, 15) is 35.6 Å². The molecule has 2 aromatic carbocycles. The second kappa shape index (κ2) is 8.99. The predicted octanol–water partition coefficient (Wildman–Crippen LogP) is 3.92. The second-order valence-corrected chi connectivity index (χ2v) is 9.63. The van der Waals surface area contributed by atoms with Crippen LogP contribution < -0.4 is 9.46 Å². The summed E-state index contributed by atoms with van der Waals surface area (Å²) in [5.41, 5.74) is -0.585. The van der Waals surface area contributed by atoms with Gasteiger partial charge in [-0.1, -0.05) is 29.3 Å². The van der Waals surface area contributed by atoms with Gasteiger partial charge in [0.25, 0.3) is 11.8 Å². The molecule has 0 radical (unpaired) electrons. The molecule has 0 fully saturated rings. The number of benzene rings is 2. The number of amides is 2. The van der Waals surface area contributed by atoms with Crippen molar-refractivity contribution < 1.29 is 40.3 Å². The Morgan fingerprint density at radius 3 is 2.45 bits per heavy atom. The molecule has 2 amide bonds. The molecule has 0 unspecified atom stereocenters. The van der Waals surface area contributed by atoms with Crippen molar-refractivity contribution in [2.24, 2.45) is 0 Å². The minimum atomic E-state index is -4.92. The van der Waals surface area contributed by atoms with Gasteiger partial charge in [-0.25, -0.2) is 17.5 Å². The Hall–Kier alpha value is -2.57. The fraction of sp³-hybridized carbons (Fsp3) is 0.263. The molecule has 0 saturated carbocycles. The van der Waals surface area contributed by atoms with Gasteiger partial charge in [-0.05, 0) is 30.2 Å². The highest BCUT2D eigenvalue weighted by atomic mass is 35.5. The molecule has 0 aliphatic carbocycles. The Morgan fingerprint density at radius 1 is 1.21 bits per heavy atom. The van der Waals surface area contributed by atoms with Gasteiger partial charge in [0.2, 0.25) is 10.0 Å². The van der Waals surface area contributed by atoms with Crippen LogP contribution >= 0.6 is 23.2 Å². The summed E-state index contributed by atoms with van der Waals surface area (Å²) in [6, 6.07) is 4.35. The predicted molar refractivity (Wildman–Crippen MR) is 110 cm³/mol. The zero-order valence-corrected chi connectivity index (χ0v) is 18.9.